The fourth-order valence-electron chi connectivity index (χ4n) is 2.69. The molecule has 0 amide bonds. The van der Waals surface area contributed by atoms with Crippen LogP contribution >= 0.6 is 0 Å². The highest BCUT2D eigenvalue weighted by Crippen LogP contribution is 2.22. The van der Waals surface area contributed by atoms with Crippen LogP contribution in [0, 0.1) is 19.8 Å². The third-order valence-electron chi connectivity index (χ3n) is 3.67. The van der Waals surface area contributed by atoms with Crippen LogP contribution in [0.4, 0.5) is 17.6 Å². The van der Waals surface area contributed by atoms with Gasteiger partial charge in [-0.05, 0) is 32.6 Å². The van der Waals surface area contributed by atoms with E-state index in [1.807, 2.05) is 26.0 Å². The summed E-state index contributed by atoms with van der Waals surface area (Å²) in [4.78, 5) is 11.5. The zero-order valence-electron chi connectivity index (χ0n) is 12.8. The number of nitrogens with one attached hydrogen (secondary N) is 1. The van der Waals surface area contributed by atoms with Crippen molar-refractivity contribution in [1.29, 1.82) is 0 Å². The van der Waals surface area contributed by atoms with E-state index in [0.29, 0.717) is 11.7 Å². The molecule has 21 heavy (non-hydrogen) atoms. The standard InChI is InChI=1S/C15H21N5O/c1-10-5-4-6-20(9-10)15-16-11(2)7-13(18-15)17-14-8-12(3)21-19-14/h7-8,10H,4-6,9H2,1-3H3,(H,16,17,18,19). The molecule has 3 rings (SSSR count). The van der Waals surface area contributed by atoms with Crippen molar-refractivity contribution in [1.82, 2.24) is 15.1 Å². The van der Waals surface area contributed by atoms with E-state index in [9.17, 15) is 0 Å². The molecule has 0 saturated carbocycles. The van der Waals surface area contributed by atoms with Crippen molar-refractivity contribution in [2.75, 3.05) is 23.3 Å². The molecule has 3 heterocycles. The highest BCUT2D eigenvalue weighted by atomic mass is 16.5. The second-order valence-electron chi connectivity index (χ2n) is 5.84. The highest BCUT2D eigenvalue weighted by molar-refractivity contribution is 5.54. The zero-order chi connectivity index (χ0) is 14.8. The Balaban J connectivity index is 1.82. The van der Waals surface area contributed by atoms with Crippen LogP contribution in [-0.2, 0) is 0 Å². The smallest absolute Gasteiger partial charge is 0.227 e. The average Bonchev–Trinajstić information content (AvgIpc) is 2.83. The Morgan fingerprint density at radius 2 is 2.10 bits per heavy atom. The van der Waals surface area contributed by atoms with Crippen molar-refractivity contribution in [3.05, 3.63) is 23.6 Å². The topological polar surface area (TPSA) is 67.1 Å². The molecule has 0 spiro atoms. The molecule has 1 atom stereocenters. The van der Waals surface area contributed by atoms with Crippen LogP contribution in [0.25, 0.3) is 0 Å². The van der Waals surface area contributed by atoms with Crippen molar-refractivity contribution < 1.29 is 4.52 Å². The molecule has 2 aromatic heterocycles. The van der Waals surface area contributed by atoms with Crippen LogP contribution in [0.2, 0.25) is 0 Å². The molecule has 1 fully saturated rings. The first-order chi connectivity index (χ1) is 10.1. The van der Waals surface area contributed by atoms with Crippen LogP contribution in [0.1, 0.15) is 31.2 Å². The number of anilines is 3. The molecule has 1 N–H and O–H groups in total. The van der Waals surface area contributed by atoms with Crippen LogP contribution in [-0.4, -0.2) is 28.2 Å². The largest absolute Gasteiger partial charge is 0.360 e. The maximum absolute atomic E-state index is 5.06. The van der Waals surface area contributed by atoms with Crippen LogP contribution in [0.3, 0.4) is 0 Å². The highest BCUT2D eigenvalue weighted by Gasteiger charge is 2.19. The van der Waals surface area contributed by atoms with Gasteiger partial charge in [0.1, 0.15) is 11.6 Å². The number of nitrogens with zero attached hydrogens (tertiary/aromatic N) is 4. The lowest BCUT2D eigenvalue weighted by Gasteiger charge is -2.31. The fourth-order valence-corrected chi connectivity index (χ4v) is 2.69. The van der Waals surface area contributed by atoms with Gasteiger partial charge in [0.05, 0.1) is 0 Å². The quantitative estimate of drug-likeness (QED) is 0.935. The van der Waals surface area contributed by atoms with Gasteiger partial charge in [-0.1, -0.05) is 12.1 Å². The normalized spacial score (nSPS) is 18.8. The molecule has 1 aliphatic rings. The first kappa shape index (κ1) is 13.9. The summed E-state index contributed by atoms with van der Waals surface area (Å²) in [5, 5.41) is 7.11. The Morgan fingerprint density at radius 3 is 2.81 bits per heavy atom. The van der Waals surface area contributed by atoms with Crippen molar-refractivity contribution in [3.63, 3.8) is 0 Å². The maximum Gasteiger partial charge on any atom is 0.227 e. The number of aryl methyl sites for hydroxylation is 2. The van der Waals surface area contributed by atoms with Crippen molar-refractivity contribution in [2.45, 2.75) is 33.6 Å². The van der Waals surface area contributed by atoms with Gasteiger partial charge in [0.25, 0.3) is 0 Å². The summed E-state index contributed by atoms with van der Waals surface area (Å²) >= 11 is 0. The van der Waals surface area contributed by atoms with Crippen LogP contribution in [0.15, 0.2) is 16.7 Å². The lowest BCUT2D eigenvalue weighted by atomic mass is 10.0. The van der Waals surface area contributed by atoms with E-state index in [0.717, 1.165) is 36.3 Å². The maximum atomic E-state index is 5.06. The number of hydrogen-bond donors (Lipinski definition) is 1. The van der Waals surface area contributed by atoms with Crippen LogP contribution < -0.4 is 10.2 Å². The zero-order valence-corrected chi connectivity index (χ0v) is 12.8. The van der Waals surface area contributed by atoms with Gasteiger partial charge in [-0.3, -0.25) is 0 Å². The number of piperidine rings is 1. The third kappa shape index (κ3) is 3.32. The molecule has 0 radical (unpaired) electrons. The predicted octanol–water partition coefficient (Wildman–Crippen LogP) is 3.06. The Kier molecular flexibility index (Phi) is 3.77. The second-order valence-corrected chi connectivity index (χ2v) is 5.84. The second kappa shape index (κ2) is 5.71. The summed E-state index contributed by atoms with van der Waals surface area (Å²) in [7, 11) is 0. The summed E-state index contributed by atoms with van der Waals surface area (Å²) in [6, 6.07) is 3.76. The molecule has 1 aliphatic heterocycles. The molecular formula is C15H21N5O. The molecule has 6 nitrogen and oxygen atoms in total. The molecule has 1 unspecified atom stereocenters. The third-order valence-corrected chi connectivity index (χ3v) is 3.67. The van der Waals surface area contributed by atoms with Gasteiger partial charge in [0, 0.05) is 30.9 Å². The van der Waals surface area contributed by atoms with Gasteiger partial charge in [-0.25, -0.2) is 4.98 Å². The summed E-state index contributed by atoms with van der Waals surface area (Å²) in [5.41, 5.74) is 0.945. The van der Waals surface area contributed by atoms with E-state index in [4.69, 9.17) is 4.52 Å². The molecule has 0 aliphatic carbocycles. The Labute approximate surface area is 124 Å². The number of rotatable bonds is 3. The average molecular weight is 287 g/mol. The molecule has 112 valence electrons. The molecule has 1 saturated heterocycles. The molecule has 0 aromatic carbocycles. The summed E-state index contributed by atoms with van der Waals surface area (Å²) < 4.78 is 5.06. The van der Waals surface area contributed by atoms with Crippen molar-refractivity contribution in [3.8, 4) is 0 Å². The van der Waals surface area contributed by atoms with E-state index < -0.39 is 0 Å². The van der Waals surface area contributed by atoms with E-state index in [2.05, 4.69) is 32.3 Å². The SMILES string of the molecule is Cc1cc(Nc2cc(C)on2)nc(N2CCCC(C)C2)n1. The minimum atomic E-state index is 0.670. The monoisotopic (exact) mass is 287 g/mol. The summed E-state index contributed by atoms with van der Waals surface area (Å²) in [6.07, 6.45) is 2.48. The summed E-state index contributed by atoms with van der Waals surface area (Å²) in [5.74, 6) is 3.68. The molecular weight excluding hydrogens is 266 g/mol. The van der Waals surface area contributed by atoms with Crippen molar-refractivity contribution >= 4 is 17.6 Å². The Hall–Kier alpha value is -2.11. The Bertz CT molecular complexity index is 624. The van der Waals surface area contributed by atoms with E-state index in [1.54, 1.807) is 0 Å². The van der Waals surface area contributed by atoms with E-state index >= 15 is 0 Å². The fraction of sp³-hybridized carbons (Fsp3) is 0.533. The van der Waals surface area contributed by atoms with E-state index in [1.165, 1.54) is 12.8 Å². The number of hydrogen-bond acceptors (Lipinski definition) is 6. The van der Waals surface area contributed by atoms with Gasteiger partial charge in [-0.15, -0.1) is 0 Å². The lowest BCUT2D eigenvalue weighted by Crippen LogP contribution is -2.35. The first-order valence-corrected chi connectivity index (χ1v) is 7.41. The molecule has 0 bridgehead atoms. The minimum Gasteiger partial charge on any atom is -0.360 e. The Morgan fingerprint density at radius 1 is 1.24 bits per heavy atom. The van der Waals surface area contributed by atoms with Crippen LogP contribution in [0.5, 0.6) is 0 Å². The van der Waals surface area contributed by atoms with Gasteiger partial charge < -0.3 is 14.7 Å². The predicted molar refractivity (Wildman–Crippen MR) is 81.9 cm³/mol. The van der Waals surface area contributed by atoms with E-state index in [-0.39, 0.29) is 0 Å². The molecule has 6 heteroatoms. The first-order valence-electron chi connectivity index (χ1n) is 7.41. The van der Waals surface area contributed by atoms with Crippen molar-refractivity contribution in [2.24, 2.45) is 5.92 Å². The van der Waals surface area contributed by atoms with Gasteiger partial charge >= 0.3 is 0 Å². The number of aromatic nitrogens is 3. The lowest BCUT2D eigenvalue weighted by molar-refractivity contribution is 0.400. The van der Waals surface area contributed by atoms with Gasteiger partial charge in [0.15, 0.2) is 5.82 Å². The van der Waals surface area contributed by atoms with Gasteiger partial charge in [0.2, 0.25) is 5.95 Å². The molecule has 2 aromatic rings. The summed E-state index contributed by atoms with van der Waals surface area (Å²) in [6.45, 7) is 8.17. The minimum absolute atomic E-state index is 0.670. The van der Waals surface area contributed by atoms with Gasteiger partial charge in [-0.2, -0.15) is 4.98 Å².